The summed E-state index contributed by atoms with van der Waals surface area (Å²) in [6.45, 7) is 2.17. The molecule has 0 saturated heterocycles. The second-order valence-corrected chi connectivity index (χ2v) is 1.04. The standard InChI is InChI=1S/2C2H4O2.H3N/c2*1-2(3)4;/h2*1H3,(H,3,4);1H3/p+1. The van der Waals surface area contributed by atoms with Crippen LogP contribution in [-0.4, -0.2) is 22.2 Å². The Kier molecular flexibility index (Phi) is 17.4. The first kappa shape index (κ1) is 15.7. The van der Waals surface area contributed by atoms with Gasteiger partial charge >= 0.3 is 0 Å². The third kappa shape index (κ3) is 137. The predicted octanol–water partition coefficient (Wildman–Crippen LogP) is 0.558. The minimum Gasteiger partial charge on any atom is -0.481 e. The van der Waals surface area contributed by atoms with E-state index >= 15 is 0 Å². The van der Waals surface area contributed by atoms with E-state index in [1.807, 2.05) is 0 Å². The van der Waals surface area contributed by atoms with E-state index in [9.17, 15) is 0 Å². The zero-order valence-electron chi connectivity index (χ0n) is 5.71. The first-order valence-corrected chi connectivity index (χ1v) is 1.86. The van der Waals surface area contributed by atoms with Gasteiger partial charge in [-0.25, -0.2) is 0 Å². The number of carbonyl (C=O) groups is 2. The molecule has 0 aliphatic heterocycles. The van der Waals surface area contributed by atoms with Crippen molar-refractivity contribution in [3.63, 3.8) is 0 Å². The summed E-state index contributed by atoms with van der Waals surface area (Å²) >= 11 is 0. The third-order valence-corrected chi connectivity index (χ3v) is 0. The Balaban J connectivity index is -0.0000000720. The van der Waals surface area contributed by atoms with Crippen LogP contribution < -0.4 is 6.15 Å². The maximum absolute atomic E-state index is 9.00. The summed E-state index contributed by atoms with van der Waals surface area (Å²) in [5.74, 6) is -1.67. The smallest absolute Gasteiger partial charge is 0.300 e. The minimum absolute atomic E-state index is 0. The first-order chi connectivity index (χ1) is 3.46. The van der Waals surface area contributed by atoms with Gasteiger partial charge in [-0.1, -0.05) is 0 Å². The van der Waals surface area contributed by atoms with Gasteiger partial charge in [-0.3, -0.25) is 9.59 Å². The van der Waals surface area contributed by atoms with Crippen LogP contribution in [0.25, 0.3) is 0 Å². The lowest BCUT2D eigenvalue weighted by Gasteiger charge is -1.59. The van der Waals surface area contributed by atoms with Crippen LogP contribution in [0.4, 0.5) is 0 Å². The molecule has 0 bridgehead atoms. The highest BCUT2D eigenvalue weighted by Gasteiger charge is 1.65. The van der Waals surface area contributed by atoms with Crippen molar-refractivity contribution in [2.75, 3.05) is 0 Å². The fourth-order valence-corrected chi connectivity index (χ4v) is 0. The van der Waals surface area contributed by atoms with Gasteiger partial charge < -0.3 is 16.4 Å². The Morgan fingerprint density at radius 1 is 1.00 bits per heavy atom. The van der Waals surface area contributed by atoms with Gasteiger partial charge in [0.05, 0.1) is 0 Å². The van der Waals surface area contributed by atoms with Gasteiger partial charge in [0.15, 0.2) is 0 Å². The molecule has 0 amide bonds. The van der Waals surface area contributed by atoms with E-state index in [-0.39, 0.29) is 6.15 Å². The normalized spacial score (nSPS) is 5.56. The second-order valence-electron chi connectivity index (χ2n) is 1.04. The summed E-state index contributed by atoms with van der Waals surface area (Å²) < 4.78 is 0. The average Bonchev–Trinajstić information content (AvgIpc) is 1.25. The van der Waals surface area contributed by atoms with E-state index < -0.39 is 11.9 Å². The topological polar surface area (TPSA) is 111 Å². The van der Waals surface area contributed by atoms with E-state index in [1.165, 1.54) is 0 Å². The summed E-state index contributed by atoms with van der Waals surface area (Å²) in [5, 5.41) is 14.8. The second kappa shape index (κ2) is 10.0. The molecule has 0 heterocycles. The Morgan fingerprint density at radius 2 is 1.00 bits per heavy atom. The lowest BCUT2D eigenvalue weighted by atomic mass is 10.9. The van der Waals surface area contributed by atoms with E-state index in [1.54, 1.807) is 0 Å². The van der Waals surface area contributed by atoms with Crippen LogP contribution in [0, 0.1) is 0 Å². The average molecular weight is 138 g/mol. The molecule has 0 atom stereocenters. The van der Waals surface area contributed by atoms with Crippen LogP contribution in [0.15, 0.2) is 0 Å². The van der Waals surface area contributed by atoms with Crippen molar-refractivity contribution in [2.24, 2.45) is 0 Å². The summed E-state index contributed by atoms with van der Waals surface area (Å²) in [4.78, 5) is 18.0. The molecule has 0 aromatic heterocycles. The van der Waals surface area contributed by atoms with Gasteiger partial charge in [0.2, 0.25) is 0 Å². The van der Waals surface area contributed by atoms with Gasteiger partial charge in [-0.15, -0.1) is 0 Å². The highest BCUT2D eigenvalue weighted by atomic mass is 16.4. The number of aliphatic carboxylic acids is 2. The Bertz CT molecular complexity index is 70.6. The van der Waals surface area contributed by atoms with Gasteiger partial charge in [-0.2, -0.15) is 0 Å². The van der Waals surface area contributed by atoms with Gasteiger partial charge in [-0.05, 0) is 0 Å². The van der Waals surface area contributed by atoms with Crippen LogP contribution in [0.2, 0.25) is 0 Å². The van der Waals surface area contributed by atoms with E-state index in [0.29, 0.717) is 0 Å². The molecule has 0 aromatic carbocycles. The monoisotopic (exact) mass is 138 g/mol. The maximum atomic E-state index is 9.00. The molecule has 6 N–H and O–H groups in total. The number of hydrogen-bond donors (Lipinski definition) is 3. The van der Waals surface area contributed by atoms with Crippen molar-refractivity contribution >= 4 is 11.9 Å². The Hall–Kier alpha value is -1.10. The third-order valence-electron chi connectivity index (χ3n) is 0. The van der Waals surface area contributed by atoms with Crippen molar-refractivity contribution in [1.82, 2.24) is 6.15 Å². The number of rotatable bonds is 0. The molecule has 0 rings (SSSR count). The number of quaternary nitrogens is 1. The van der Waals surface area contributed by atoms with Crippen molar-refractivity contribution in [2.45, 2.75) is 13.8 Å². The highest BCUT2D eigenvalue weighted by Crippen LogP contribution is 1.42. The molecule has 0 aromatic rings. The van der Waals surface area contributed by atoms with E-state index in [0.717, 1.165) is 13.8 Å². The fourth-order valence-electron chi connectivity index (χ4n) is 0. The number of carboxylic acid groups (broad SMARTS) is 2. The first-order valence-electron chi connectivity index (χ1n) is 1.86. The molecular formula is C4H12NO4+. The molecule has 56 valence electrons. The summed E-state index contributed by atoms with van der Waals surface area (Å²) in [7, 11) is 0. The van der Waals surface area contributed by atoms with Crippen molar-refractivity contribution in [1.29, 1.82) is 0 Å². The fraction of sp³-hybridized carbons (Fsp3) is 0.500. The lowest BCUT2D eigenvalue weighted by Crippen LogP contribution is -1.78. The number of hydrogen-bond acceptors (Lipinski definition) is 2. The molecule has 0 spiro atoms. The Labute approximate surface area is 52.9 Å². The van der Waals surface area contributed by atoms with Gasteiger partial charge in [0.25, 0.3) is 11.9 Å². The molecular weight excluding hydrogens is 126 g/mol. The summed E-state index contributed by atoms with van der Waals surface area (Å²) in [6.07, 6.45) is 0. The molecule has 0 fully saturated rings. The zero-order valence-corrected chi connectivity index (χ0v) is 5.71. The van der Waals surface area contributed by atoms with Gasteiger partial charge in [0.1, 0.15) is 0 Å². The SMILES string of the molecule is CC(=O)O.CC(=O)O.[NH4+]. The molecule has 0 unspecified atom stereocenters. The zero-order chi connectivity index (χ0) is 7.15. The van der Waals surface area contributed by atoms with Crippen molar-refractivity contribution in [3.05, 3.63) is 0 Å². The lowest BCUT2D eigenvalue weighted by molar-refractivity contribution is -0.135. The molecule has 0 aliphatic carbocycles. The molecule has 5 heteroatoms. The molecule has 5 nitrogen and oxygen atoms in total. The number of carboxylic acids is 2. The van der Waals surface area contributed by atoms with Crippen LogP contribution in [-0.2, 0) is 9.59 Å². The highest BCUT2D eigenvalue weighted by molar-refractivity contribution is 5.63. The minimum atomic E-state index is -0.833. The molecule has 0 saturated carbocycles. The van der Waals surface area contributed by atoms with Crippen molar-refractivity contribution in [3.8, 4) is 0 Å². The summed E-state index contributed by atoms with van der Waals surface area (Å²) in [6, 6.07) is 0. The molecule has 0 radical (unpaired) electrons. The summed E-state index contributed by atoms with van der Waals surface area (Å²) in [5.41, 5.74) is 0. The quantitative estimate of drug-likeness (QED) is 0.454. The largest absolute Gasteiger partial charge is 0.481 e. The molecule has 9 heavy (non-hydrogen) atoms. The Morgan fingerprint density at radius 3 is 1.00 bits per heavy atom. The van der Waals surface area contributed by atoms with Gasteiger partial charge in [0, 0.05) is 13.8 Å². The van der Waals surface area contributed by atoms with E-state index in [4.69, 9.17) is 19.8 Å². The molecule has 0 aliphatic rings. The van der Waals surface area contributed by atoms with Crippen LogP contribution in [0.3, 0.4) is 0 Å². The predicted molar refractivity (Wildman–Crippen MR) is 32.6 cm³/mol. The van der Waals surface area contributed by atoms with Crippen molar-refractivity contribution < 1.29 is 19.8 Å². The maximum Gasteiger partial charge on any atom is 0.300 e. The van der Waals surface area contributed by atoms with E-state index in [2.05, 4.69) is 0 Å². The van der Waals surface area contributed by atoms with Crippen LogP contribution >= 0.6 is 0 Å². The van der Waals surface area contributed by atoms with Crippen LogP contribution in [0.1, 0.15) is 13.8 Å². The van der Waals surface area contributed by atoms with Crippen LogP contribution in [0.5, 0.6) is 0 Å².